The van der Waals surface area contributed by atoms with Gasteiger partial charge in [-0.2, -0.15) is 0 Å². The molecule has 26 heavy (non-hydrogen) atoms. The second-order valence-electron chi connectivity index (χ2n) is 8.25. The summed E-state index contributed by atoms with van der Waals surface area (Å²) in [7, 11) is 0. The minimum Gasteiger partial charge on any atom is -0.360 e. The fourth-order valence-corrected chi connectivity index (χ4v) is 5.68. The summed E-state index contributed by atoms with van der Waals surface area (Å²) in [4.78, 5) is 2.90. The molecule has 142 valence electrons. The molecule has 2 atom stereocenters. The molecule has 2 saturated heterocycles. The van der Waals surface area contributed by atoms with Crippen molar-refractivity contribution in [1.29, 1.82) is 0 Å². The van der Waals surface area contributed by atoms with E-state index in [-0.39, 0.29) is 5.82 Å². The van der Waals surface area contributed by atoms with Gasteiger partial charge in [-0.15, -0.1) is 0 Å². The zero-order chi connectivity index (χ0) is 17.9. The molecule has 2 bridgehead atoms. The van der Waals surface area contributed by atoms with Crippen molar-refractivity contribution in [2.45, 2.75) is 88.4 Å². The van der Waals surface area contributed by atoms with Crippen LogP contribution in [0.15, 0.2) is 24.3 Å². The first-order valence-corrected chi connectivity index (χ1v) is 10.7. The first-order chi connectivity index (χ1) is 12.7. The summed E-state index contributed by atoms with van der Waals surface area (Å²) in [5.74, 6) is -0.225. The summed E-state index contributed by atoms with van der Waals surface area (Å²) >= 11 is 5.51. The summed E-state index contributed by atoms with van der Waals surface area (Å²) < 4.78 is 13.0. The summed E-state index contributed by atoms with van der Waals surface area (Å²) in [6.07, 6.45) is 13.5. The lowest BCUT2D eigenvalue weighted by Crippen LogP contribution is -2.60. The predicted octanol–water partition coefficient (Wildman–Crippen LogP) is 4.83. The van der Waals surface area contributed by atoms with Gasteiger partial charge in [-0.25, -0.2) is 4.39 Å². The average Bonchev–Trinajstić information content (AvgIpc) is 2.63. The molecule has 1 aliphatic carbocycles. The highest BCUT2D eigenvalue weighted by Gasteiger charge is 2.41. The van der Waals surface area contributed by atoms with Crippen molar-refractivity contribution in [3.05, 3.63) is 30.1 Å². The van der Waals surface area contributed by atoms with Crippen LogP contribution >= 0.6 is 12.2 Å². The third kappa shape index (κ3) is 4.20. The van der Waals surface area contributed by atoms with E-state index in [1.807, 2.05) is 0 Å². The molecule has 4 rings (SSSR count). The smallest absolute Gasteiger partial charge is 0.170 e. The maximum absolute atomic E-state index is 13.0. The normalized spacial score (nSPS) is 30.0. The van der Waals surface area contributed by atoms with Crippen molar-refractivity contribution in [2.24, 2.45) is 0 Å². The summed E-state index contributed by atoms with van der Waals surface area (Å²) in [6.45, 7) is 0. The van der Waals surface area contributed by atoms with Crippen molar-refractivity contribution >= 4 is 23.0 Å². The van der Waals surface area contributed by atoms with Crippen LogP contribution in [0.5, 0.6) is 0 Å². The van der Waals surface area contributed by atoms with E-state index in [9.17, 15) is 4.39 Å². The van der Waals surface area contributed by atoms with Crippen LogP contribution in [0.1, 0.15) is 64.2 Å². The molecule has 0 unspecified atom stereocenters. The lowest BCUT2D eigenvalue weighted by atomic mass is 9.78. The number of thiocarbonyl (C=S) groups is 1. The van der Waals surface area contributed by atoms with Gasteiger partial charge in [0.1, 0.15) is 5.82 Å². The molecule has 0 spiro atoms. The second-order valence-corrected chi connectivity index (χ2v) is 8.66. The number of halogens is 1. The van der Waals surface area contributed by atoms with Crippen molar-refractivity contribution in [2.75, 3.05) is 5.32 Å². The molecule has 3 aliphatic rings. The van der Waals surface area contributed by atoms with Gasteiger partial charge in [0.05, 0.1) is 0 Å². The molecule has 0 amide bonds. The van der Waals surface area contributed by atoms with Gasteiger partial charge < -0.3 is 10.6 Å². The van der Waals surface area contributed by atoms with Gasteiger partial charge in [0.2, 0.25) is 0 Å². The van der Waals surface area contributed by atoms with Gasteiger partial charge in [0.15, 0.2) is 5.11 Å². The highest BCUT2D eigenvalue weighted by Crippen LogP contribution is 2.39. The third-order valence-corrected chi connectivity index (χ3v) is 6.68. The van der Waals surface area contributed by atoms with Crippen molar-refractivity contribution in [1.82, 2.24) is 10.2 Å². The topological polar surface area (TPSA) is 27.3 Å². The first-order valence-electron chi connectivity index (χ1n) is 10.3. The lowest BCUT2D eigenvalue weighted by Gasteiger charge is -2.53. The highest BCUT2D eigenvalue weighted by molar-refractivity contribution is 7.80. The first kappa shape index (κ1) is 18.2. The van der Waals surface area contributed by atoms with Crippen LogP contribution in [0.3, 0.4) is 0 Å². The Morgan fingerprint density at radius 1 is 0.885 bits per heavy atom. The van der Waals surface area contributed by atoms with E-state index in [1.54, 1.807) is 12.1 Å². The van der Waals surface area contributed by atoms with E-state index in [1.165, 1.54) is 76.3 Å². The van der Waals surface area contributed by atoms with Crippen LogP contribution in [0.4, 0.5) is 10.1 Å². The molecule has 3 fully saturated rings. The molecule has 0 aromatic heterocycles. The number of benzene rings is 1. The molecule has 5 heteroatoms. The minimum absolute atomic E-state index is 0.225. The van der Waals surface area contributed by atoms with Crippen LogP contribution < -0.4 is 10.6 Å². The van der Waals surface area contributed by atoms with E-state index in [0.29, 0.717) is 11.2 Å². The van der Waals surface area contributed by atoms with Gasteiger partial charge in [0.25, 0.3) is 0 Å². The standard InChI is InChI=1S/C21H30FN3S/c22-15-9-11-16(12-10-15)23-21(26)24-17-13-19-7-4-8-20(14-17)25(19)18-5-2-1-3-6-18/h9-12,17-20H,1-8,13-14H2,(H2,23,24,26)/t19-,20-/m1/s1. The van der Waals surface area contributed by atoms with Gasteiger partial charge in [-0.1, -0.05) is 25.7 Å². The molecular formula is C21H30FN3S. The van der Waals surface area contributed by atoms with E-state index < -0.39 is 0 Å². The van der Waals surface area contributed by atoms with Crippen molar-refractivity contribution < 1.29 is 4.39 Å². The van der Waals surface area contributed by atoms with Gasteiger partial charge in [0, 0.05) is 29.9 Å². The Balaban J connectivity index is 1.34. The SMILES string of the molecule is Fc1ccc(NC(=S)NC2C[C@H]3CCC[C@H](C2)N3C2CCCCC2)cc1. The number of hydrogen-bond donors (Lipinski definition) is 2. The number of fused-ring (bicyclic) bond motifs is 2. The second kappa shape index (κ2) is 8.22. The molecule has 1 aromatic carbocycles. The van der Waals surface area contributed by atoms with Gasteiger partial charge in [-0.3, -0.25) is 4.90 Å². The molecular weight excluding hydrogens is 345 g/mol. The number of rotatable bonds is 3. The minimum atomic E-state index is -0.225. The Labute approximate surface area is 161 Å². The Morgan fingerprint density at radius 3 is 2.15 bits per heavy atom. The number of anilines is 1. The fraction of sp³-hybridized carbons (Fsp3) is 0.667. The van der Waals surface area contributed by atoms with E-state index in [0.717, 1.165) is 23.8 Å². The number of nitrogens with one attached hydrogen (secondary N) is 2. The molecule has 0 radical (unpaired) electrons. The Bertz CT molecular complexity index is 600. The van der Waals surface area contributed by atoms with Crippen LogP contribution in [-0.2, 0) is 0 Å². The predicted molar refractivity (Wildman–Crippen MR) is 109 cm³/mol. The highest BCUT2D eigenvalue weighted by atomic mass is 32.1. The zero-order valence-electron chi connectivity index (χ0n) is 15.4. The number of piperidine rings is 2. The molecule has 2 N–H and O–H groups in total. The van der Waals surface area contributed by atoms with E-state index in [4.69, 9.17) is 12.2 Å². The summed E-state index contributed by atoms with van der Waals surface area (Å²) in [5.41, 5.74) is 0.837. The third-order valence-electron chi connectivity index (χ3n) is 6.46. The van der Waals surface area contributed by atoms with Crippen LogP contribution in [0.2, 0.25) is 0 Å². The number of nitrogens with zero attached hydrogens (tertiary/aromatic N) is 1. The Kier molecular flexibility index (Phi) is 5.75. The zero-order valence-corrected chi connectivity index (χ0v) is 16.2. The summed E-state index contributed by atoms with van der Waals surface area (Å²) in [5, 5.41) is 7.39. The fourth-order valence-electron chi connectivity index (χ4n) is 5.40. The average molecular weight is 376 g/mol. The molecule has 2 heterocycles. The maximum atomic E-state index is 13.0. The number of hydrogen-bond acceptors (Lipinski definition) is 2. The molecule has 2 aliphatic heterocycles. The largest absolute Gasteiger partial charge is 0.360 e. The molecule has 3 nitrogen and oxygen atoms in total. The quantitative estimate of drug-likeness (QED) is 0.740. The van der Waals surface area contributed by atoms with Crippen molar-refractivity contribution in [3.63, 3.8) is 0 Å². The lowest BCUT2D eigenvalue weighted by molar-refractivity contribution is -0.0195. The Hall–Kier alpha value is -1.20. The molecule has 1 aromatic rings. The van der Waals surface area contributed by atoms with Gasteiger partial charge in [-0.05, 0) is 75.0 Å². The maximum Gasteiger partial charge on any atom is 0.170 e. The van der Waals surface area contributed by atoms with Crippen LogP contribution in [-0.4, -0.2) is 34.2 Å². The Morgan fingerprint density at radius 2 is 1.50 bits per heavy atom. The van der Waals surface area contributed by atoms with Gasteiger partial charge >= 0.3 is 0 Å². The van der Waals surface area contributed by atoms with Crippen LogP contribution in [0, 0.1) is 5.82 Å². The van der Waals surface area contributed by atoms with Crippen LogP contribution in [0.25, 0.3) is 0 Å². The van der Waals surface area contributed by atoms with Crippen molar-refractivity contribution in [3.8, 4) is 0 Å². The van der Waals surface area contributed by atoms with E-state index >= 15 is 0 Å². The summed E-state index contributed by atoms with van der Waals surface area (Å²) in [6, 6.07) is 9.08. The monoisotopic (exact) mass is 375 g/mol. The molecule has 1 saturated carbocycles. The van der Waals surface area contributed by atoms with E-state index in [2.05, 4.69) is 15.5 Å².